The molecule has 8 heteroatoms. The van der Waals surface area contributed by atoms with E-state index in [4.69, 9.17) is 0 Å². The first kappa shape index (κ1) is 33.5. The Labute approximate surface area is 255 Å². The molecule has 0 radical (unpaired) electrons. The molecule has 0 heterocycles. The lowest BCUT2D eigenvalue weighted by Gasteiger charge is -2.31. The monoisotopic (exact) mass is 587 g/mol. The summed E-state index contributed by atoms with van der Waals surface area (Å²) < 4.78 is 0. The molecule has 0 saturated carbocycles. The average Bonchev–Trinajstić information content (AvgIpc) is 3.02. The number of aliphatic hydroxyl groups excluding tert-OH is 2. The van der Waals surface area contributed by atoms with Crippen LogP contribution < -0.4 is 10.6 Å². The summed E-state index contributed by atoms with van der Waals surface area (Å²) in [5.41, 5.74) is 3.22. The van der Waals surface area contributed by atoms with Crippen molar-refractivity contribution in [1.82, 2.24) is 15.5 Å². The van der Waals surface area contributed by atoms with Gasteiger partial charge in [0.2, 0.25) is 5.91 Å². The summed E-state index contributed by atoms with van der Waals surface area (Å²) >= 11 is 0. The van der Waals surface area contributed by atoms with E-state index < -0.39 is 36.0 Å². The number of hydrogen-bond acceptors (Lipinski definition) is 5. The van der Waals surface area contributed by atoms with Gasteiger partial charge in [-0.3, -0.25) is 14.4 Å². The van der Waals surface area contributed by atoms with E-state index in [9.17, 15) is 24.6 Å². The van der Waals surface area contributed by atoms with Crippen LogP contribution in [0.3, 0.4) is 0 Å². The summed E-state index contributed by atoms with van der Waals surface area (Å²) in [5, 5.41) is 28.1. The number of hydrogen-bond donors (Lipinski definition) is 4. The first-order valence-electron chi connectivity index (χ1n) is 15.1. The molecule has 0 fully saturated rings. The van der Waals surface area contributed by atoms with Crippen LogP contribution in [0, 0.1) is 12.8 Å². The normalized spacial score (nSPS) is 13.8. The Morgan fingerprint density at radius 3 is 1.93 bits per heavy atom. The van der Waals surface area contributed by atoms with Crippen LogP contribution in [-0.4, -0.2) is 64.2 Å². The highest BCUT2D eigenvalue weighted by molar-refractivity contribution is 6.00. The number of nitrogens with zero attached hydrogens (tertiary/aromatic N) is 1. The van der Waals surface area contributed by atoms with Gasteiger partial charge in [-0.25, -0.2) is 0 Å². The van der Waals surface area contributed by atoms with Crippen molar-refractivity contribution in [3.05, 3.63) is 107 Å². The molecule has 0 saturated heterocycles. The molecular formula is C35H45N3O5. The third kappa shape index (κ3) is 9.76. The van der Waals surface area contributed by atoms with Gasteiger partial charge in [-0.15, -0.1) is 0 Å². The van der Waals surface area contributed by atoms with Crippen LogP contribution in [0.2, 0.25) is 0 Å². The second-order valence-electron chi connectivity index (χ2n) is 11.1. The molecule has 4 atom stereocenters. The predicted molar refractivity (Wildman–Crippen MR) is 169 cm³/mol. The zero-order chi connectivity index (χ0) is 31.4. The Kier molecular flexibility index (Phi) is 12.9. The van der Waals surface area contributed by atoms with Crippen LogP contribution in [0.15, 0.2) is 78.9 Å². The molecule has 0 bridgehead atoms. The maximum Gasteiger partial charge on any atom is 0.253 e. The molecular weight excluding hydrogens is 542 g/mol. The van der Waals surface area contributed by atoms with E-state index in [0.29, 0.717) is 25.2 Å². The van der Waals surface area contributed by atoms with Crippen molar-refractivity contribution in [2.75, 3.05) is 13.1 Å². The minimum atomic E-state index is -1.45. The fraction of sp³-hybridized carbons (Fsp3) is 0.400. The minimum absolute atomic E-state index is 0.131. The maximum absolute atomic E-state index is 13.6. The quantitative estimate of drug-likeness (QED) is 0.212. The van der Waals surface area contributed by atoms with Crippen LogP contribution >= 0.6 is 0 Å². The van der Waals surface area contributed by atoms with E-state index in [1.54, 1.807) is 30.0 Å². The lowest BCUT2D eigenvalue weighted by Crippen LogP contribution is -2.53. The molecule has 4 N–H and O–H groups in total. The van der Waals surface area contributed by atoms with Crippen molar-refractivity contribution in [1.29, 1.82) is 0 Å². The Balaban J connectivity index is 1.80. The molecule has 0 aliphatic rings. The molecule has 0 aliphatic carbocycles. The van der Waals surface area contributed by atoms with E-state index in [1.807, 2.05) is 81.4 Å². The number of aliphatic hydroxyl groups is 2. The number of nitrogens with one attached hydrogen (secondary N) is 2. The molecule has 0 spiro atoms. The Bertz CT molecular complexity index is 1330. The Morgan fingerprint density at radius 1 is 0.791 bits per heavy atom. The number of amides is 3. The Morgan fingerprint density at radius 2 is 1.35 bits per heavy atom. The number of aryl methyl sites for hydroxylation is 1. The van der Waals surface area contributed by atoms with Gasteiger partial charge in [0.25, 0.3) is 11.8 Å². The minimum Gasteiger partial charge on any atom is -0.390 e. The summed E-state index contributed by atoms with van der Waals surface area (Å²) in [4.78, 5) is 41.5. The lowest BCUT2D eigenvalue weighted by atomic mass is 9.90. The summed E-state index contributed by atoms with van der Waals surface area (Å²) in [5.74, 6) is -1.97. The van der Waals surface area contributed by atoms with Gasteiger partial charge in [-0.1, -0.05) is 81.4 Å². The second-order valence-corrected chi connectivity index (χ2v) is 11.1. The summed E-state index contributed by atoms with van der Waals surface area (Å²) in [6.07, 6.45) is -1.01. The molecule has 43 heavy (non-hydrogen) atoms. The predicted octanol–water partition coefficient (Wildman–Crippen LogP) is 4.27. The third-order valence-corrected chi connectivity index (χ3v) is 7.47. The van der Waals surface area contributed by atoms with Crippen LogP contribution in [-0.2, 0) is 17.8 Å². The van der Waals surface area contributed by atoms with Crippen LogP contribution in [0.1, 0.15) is 71.0 Å². The van der Waals surface area contributed by atoms with Gasteiger partial charge < -0.3 is 25.7 Å². The fourth-order valence-corrected chi connectivity index (χ4v) is 5.09. The summed E-state index contributed by atoms with van der Waals surface area (Å²) in [7, 11) is 0. The van der Waals surface area contributed by atoms with Crippen molar-refractivity contribution in [3.63, 3.8) is 0 Å². The van der Waals surface area contributed by atoms with Gasteiger partial charge in [0.05, 0.1) is 18.1 Å². The van der Waals surface area contributed by atoms with Crippen molar-refractivity contribution >= 4 is 17.7 Å². The smallest absolute Gasteiger partial charge is 0.253 e. The molecule has 0 aliphatic heterocycles. The Hall–Kier alpha value is -4.01. The largest absolute Gasteiger partial charge is 0.390 e. The topological polar surface area (TPSA) is 119 Å². The average molecular weight is 588 g/mol. The molecule has 0 unspecified atom stereocenters. The first-order valence-corrected chi connectivity index (χ1v) is 15.1. The molecule has 3 rings (SSSR count). The van der Waals surface area contributed by atoms with E-state index in [-0.39, 0.29) is 17.9 Å². The molecule has 3 aromatic carbocycles. The van der Waals surface area contributed by atoms with Crippen LogP contribution in [0.5, 0.6) is 0 Å². The van der Waals surface area contributed by atoms with Gasteiger partial charge in [0.1, 0.15) is 6.10 Å². The van der Waals surface area contributed by atoms with E-state index in [0.717, 1.165) is 29.5 Å². The number of rotatable bonds is 15. The summed E-state index contributed by atoms with van der Waals surface area (Å²) in [6, 6.07) is 22.9. The van der Waals surface area contributed by atoms with Crippen LogP contribution in [0.4, 0.5) is 0 Å². The third-order valence-electron chi connectivity index (χ3n) is 7.47. The fourth-order valence-electron chi connectivity index (χ4n) is 5.09. The summed E-state index contributed by atoms with van der Waals surface area (Å²) in [6.45, 7) is 8.96. The highest BCUT2D eigenvalue weighted by Crippen LogP contribution is 2.18. The number of benzene rings is 3. The first-order chi connectivity index (χ1) is 20.6. The SMILES string of the molecule is CCCN(CCC)C(=O)c1cc(C)cc(C(=O)N[C@@H](Cc2ccccc2)[C@@H](O)[C@H](O)[C@@H](C)C(=O)NCc2ccccc2)c1. The molecule has 8 nitrogen and oxygen atoms in total. The van der Waals surface area contributed by atoms with Crippen molar-refractivity contribution in [2.45, 2.75) is 71.8 Å². The maximum atomic E-state index is 13.6. The zero-order valence-electron chi connectivity index (χ0n) is 25.6. The van der Waals surface area contributed by atoms with Crippen molar-refractivity contribution in [3.8, 4) is 0 Å². The van der Waals surface area contributed by atoms with Crippen molar-refractivity contribution < 1.29 is 24.6 Å². The lowest BCUT2D eigenvalue weighted by molar-refractivity contribution is -0.131. The van der Waals surface area contributed by atoms with Crippen LogP contribution in [0.25, 0.3) is 0 Å². The molecule has 230 valence electrons. The van der Waals surface area contributed by atoms with Gasteiger partial charge >= 0.3 is 0 Å². The van der Waals surface area contributed by atoms with Crippen molar-refractivity contribution in [2.24, 2.45) is 5.92 Å². The molecule has 3 amide bonds. The van der Waals surface area contributed by atoms with E-state index in [1.165, 1.54) is 0 Å². The zero-order valence-corrected chi connectivity index (χ0v) is 25.6. The van der Waals surface area contributed by atoms with Gasteiger partial charge in [-0.2, -0.15) is 0 Å². The number of carbonyl (C=O) groups is 3. The second kappa shape index (κ2) is 16.6. The number of carbonyl (C=O) groups excluding carboxylic acids is 3. The highest BCUT2D eigenvalue weighted by atomic mass is 16.3. The highest BCUT2D eigenvalue weighted by Gasteiger charge is 2.34. The van der Waals surface area contributed by atoms with E-state index in [2.05, 4.69) is 10.6 Å². The van der Waals surface area contributed by atoms with Gasteiger partial charge in [0.15, 0.2) is 0 Å². The van der Waals surface area contributed by atoms with E-state index >= 15 is 0 Å². The standard InChI is InChI=1S/C35H45N3O5/c1-5-17-38(18-6-2)35(43)29-20-24(3)19-28(22-29)34(42)37-30(21-26-13-9-7-10-14-26)32(40)31(39)25(4)33(41)36-23-27-15-11-8-12-16-27/h7-16,19-20,22,25,30-32,39-40H,5-6,17-18,21,23H2,1-4H3,(H,36,41)(H,37,42)/t25-,30+,31-,32-/m1/s1. The molecule has 3 aromatic rings. The van der Waals surface area contributed by atoms with Gasteiger partial charge in [0, 0.05) is 30.8 Å². The van der Waals surface area contributed by atoms with Gasteiger partial charge in [-0.05, 0) is 61.1 Å². The molecule has 0 aromatic heterocycles.